The second-order valence-corrected chi connectivity index (χ2v) is 15.6. The van der Waals surface area contributed by atoms with Crippen LogP contribution in [-0.2, 0) is 20.6 Å². The maximum Gasteiger partial charge on any atom is 0.418 e. The van der Waals surface area contributed by atoms with Gasteiger partial charge in [-0.3, -0.25) is 14.2 Å². The van der Waals surface area contributed by atoms with Crippen LogP contribution in [0.15, 0.2) is 84.4 Å². The van der Waals surface area contributed by atoms with E-state index in [9.17, 15) is 24.0 Å². The molecule has 0 saturated carbocycles. The third-order valence-electron chi connectivity index (χ3n) is 9.60. The standard InChI is InChI=1S/C45H42N4O9S/c1-7-18-46-41(51)34-12-11-28(38(47-34)43(53)56-6)30-24-36-32(39-25(16-20-57-36)17-21-59-39)23-31(30)40(50)48-33-13-14-35-29(15-19-49(35)44(54)58-45(2,3)4)37(33)26-9-8-10-27(22-26)42(52)55-5/h8-15,17,19,21-24H,7,16,18,20H2,1-6H3,(H,46,51)(H,48,50). The molecular formula is C45H42N4O9S. The number of nitrogens with one attached hydrogen (secondary N) is 2. The predicted octanol–water partition coefficient (Wildman–Crippen LogP) is 8.78. The first-order valence-corrected chi connectivity index (χ1v) is 19.8. The topological polar surface area (TPSA) is 164 Å². The Labute approximate surface area is 344 Å². The molecule has 6 aromatic rings. The molecule has 0 spiro atoms. The van der Waals surface area contributed by atoms with Crippen LogP contribution in [0.5, 0.6) is 5.75 Å². The molecule has 59 heavy (non-hydrogen) atoms. The predicted molar refractivity (Wildman–Crippen MR) is 224 cm³/mol. The van der Waals surface area contributed by atoms with Crippen molar-refractivity contribution in [1.29, 1.82) is 0 Å². The Morgan fingerprint density at radius 3 is 2.42 bits per heavy atom. The number of ether oxygens (including phenoxy) is 4. The Hall–Kier alpha value is -6.80. The summed E-state index contributed by atoms with van der Waals surface area (Å²) >= 11 is 1.52. The number of methoxy groups -OCH3 is 2. The summed E-state index contributed by atoms with van der Waals surface area (Å²) in [4.78, 5) is 72.7. The van der Waals surface area contributed by atoms with Crippen LogP contribution in [0.3, 0.4) is 0 Å². The fourth-order valence-electron chi connectivity index (χ4n) is 6.92. The number of hydrogen-bond donors (Lipinski definition) is 2. The minimum atomic E-state index is -0.805. The molecule has 0 radical (unpaired) electrons. The van der Waals surface area contributed by atoms with Crippen LogP contribution >= 0.6 is 11.3 Å². The van der Waals surface area contributed by atoms with Crippen LogP contribution in [0.1, 0.15) is 81.4 Å². The van der Waals surface area contributed by atoms with Crippen molar-refractivity contribution < 1.29 is 42.9 Å². The number of carbonyl (C=O) groups excluding carboxylic acids is 5. The lowest BCUT2D eigenvalue weighted by Crippen LogP contribution is -2.26. The number of anilines is 1. The number of fused-ring (bicyclic) bond motifs is 4. The van der Waals surface area contributed by atoms with E-state index in [1.54, 1.807) is 87.6 Å². The zero-order valence-electron chi connectivity index (χ0n) is 33.4. The number of hydrogen-bond acceptors (Lipinski definition) is 11. The molecule has 3 aromatic heterocycles. The molecule has 2 amide bonds. The van der Waals surface area contributed by atoms with Gasteiger partial charge in [-0.15, -0.1) is 11.3 Å². The van der Waals surface area contributed by atoms with Crippen molar-refractivity contribution in [3.8, 4) is 38.4 Å². The van der Waals surface area contributed by atoms with Crippen molar-refractivity contribution in [2.45, 2.75) is 46.1 Å². The van der Waals surface area contributed by atoms with E-state index in [4.69, 9.17) is 18.9 Å². The van der Waals surface area contributed by atoms with Gasteiger partial charge in [0.25, 0.3) is 11.8 Å². The van der Waals surface area contributed by atoms with Crippen molar-refractivity contribution in [2.75, 3.05) is 32.7 Å². The third kappa shape index (κ3) is 8.17. The quantitative estimate of drug-likeness (QED) is 0.107. The van der Waals surface area contributed by atoms with Crippen LogP contribution in [0, 0.1) is 0 Å². The van der Waals surface area contributed by atoms with Gasteiger partial charge in [0.05, 0.1) is 31.9 Å². The van der Waals surface area contributed by atoms with Gasteiger partial charge in [0, 0.05) is 62.9 Å². The van der Waals surface area contributed by atoms with Crippen molar-refractivity contribution in [3.63, 3.8) is 0 Å². The lowest BCUT2D eigenvalue weighted by molar-refractivity contribution is 0.0541. The third-order valence-corrected chi connectivity index (χ3v) is 10.6. The average Bonchev–Trinajstić information content (AvgIpc) is 3.85. The number of aromatic nitrogens is 2. The summed E-state index contributed by atoms with van der Waals surface area (Å²) < 4.78 is 23.5. The van der Waals surface area contributed by atoms with E-state index in [1.807, 2.05) is 18.4 Å². The Morgan fingerprint density at radius 1 is 0.881 bits per heavy atom. The molecule has 3 aromatic carbocycles. The highest BCUT2D eigenvalue weighted by Crippen LogP contribution is 2.44. The summed E-state index contributed by atoms with van der Waals surface area (Å²) in [5.41, 5.74) is 3.78. The molecule has 13 nitrogen and oxygen atoms in total. The van der Waals surface area contributed by atoms with Crippen LogP contribution in [0.2, 0.25) is 0 Å². The van der Waals surface area contributed by atoms with Gasteiger partial charge in [0.1, 0.15) is 17.0 Å². The Kier molecular flexibility index (Phi) is 11.4. The molecule has 0 atom stereocenters. The number of benzene rings is 3. The first-order valence-electron chi connectivity index (χ1n) is 18.9. The smallest absolute Gasteiger partial charge is 0.418 e. The normalized spacial score (nSPS) is 12.0. The van der Waals surface area contributed by atoms with Crippen LogP contribution in [0.25, 0.3) is 43.6 Å². The zero-order chi connectivity index (χ0) is 42.0. The highest BCUT2D eigenvalue weighted by molar-refractivity contribution is 7.13. The van der Waals surface area contributed by atoms with Crippen molar-refractivity contribution in [3.05, 3.63) is 112 Å². The number of carbonyl (C=O) groups is 5. The largest absolute Gasteiger partial charge is 0.493 e. The summed E-state index contributed by atoms with van der Waals surface area (Å²) in [5, 5.41) is 8.46. The molecule has 0 unspecified atom stereocenters. The van der Waals surface area contributed by atoms with Gasteiger partial charge in [-0.05, 0) is 104 Å². The SMILES string of the molecule is CCCNC(=O)c1ccc(-c2cc3c(cc2C(=O)Nc2ccc4c(ccn4C(=O)OC(C)(C)C)c2-c2cccc(C(=O)OC)c2)-c2sccc2CCO3)c(C(=O)OC)n1. The number of esters is 2. The molecule has 0 fully saturated rings. The number of thiophene rings is 1. The van der Waals surface area contributed by atoms with Gasteiger partial charge in [-0.1, -0.05) is 19.1 Å². The summed E-state index contributed by atoms with van der Waals surface area (Å²) in [6.45, 7) is 8.05. The van der Waals surface area contributed by atoms with Crippen molar-refractivity contribution in [1.82, 2.24) is 14.9 Å². The lowest BCUT2D eigenvalue weighted by Gasteiger charge is -2.20. The molecule has 7 rings (SSSR count). The second kappa shape index (κ2) is 16.6. The molecule has 4 heterocycles. The van der Waals surface area contributed by atoms with Crippen LogP contribution in [-0.4, -0.2) is 72.4 Å². The van der Waals surface area contributed by atoms with Gasteiger partial charge < -0.3 is 29.6 Å². The number of rotatable bonds is 9. The first kappa shape index (κ1) is 40.4. The summed E-state index contributed by atoms with van der Waals surface area (Å²) in [7, 11) is 2.51. The Morgan fingerprint density at radius 2 is 1.68 bits per heavy atom. The van der Waals surface area contributed by atoms with Gasteiger partial charge in [0.2, 0.25) is 0 Å². The molecule has 14 heteroatoms. The highest BCUT2D eigenvalue weighted by Gasteiger charge is 2.28. The Bertz CT molecular complexity index is 2650. The molecule has 0 bridgehead atoms. The molecule has 1 aliphatic heterocycles. The zero-order valence-corrected chi connectivity index (χ0v) is 34.2. The monoisotopic (exact) mass is 814 g/mol. The summed E-state index contributed by atoms with van der Waals surface area (Å²) in [6.07, 6.45) is 2.35. The van der Waals surface area contributed by atoms with E-state index in [2.05, 4.69) is 15.6 Å². The second-order valence-electron chi connectivity index (χ2n) is 14.7. The molecular weight excluding hydrogens is 773 g/mol. The van der Waals surface area contributed by atoms with Gasteiger partial charge >= 0.3 is 18.0 Å². The van der Waals surface area contributed by atoms with Crippen molar-refractivity contribution >= 4 is 57.8 Å². The van der Waals surface area contributed by atoms with E-state index in [0.29, 0.717) is 70.6 Å². The maximum absolute atomic E-state index is 15.0. The van der Waals surface area contributed by atoms with E-state index < -0.39 is 35.4 Å². The number of amides is 2. The number of nitrogens with zero attached hydrogens (tertiary/aromatic N) is 2. The molecule has 2 N–H and O–H groups in total. The number of pyridine rings is 1. The minimum absolute atomic E-state index is 0.00767. The first-order chi connectivity index (χ1) is 28.3. The van der Waals surface area contributed by atoms with Crippen LogP contribution in [0.4, 0.5) is 10.5 Å². The molecule has 0 saturated heterocycles. The van der Waals surface area contributed by atoms with Crippen molar-refractivity contribution in [2.24, 2.45) is 0 Å². The lowest BCUT2D eigenvalue weighted by atomic mass is 9.93. The summed E-state index contributed by atoms with van der Waals surface area (Å²) in [5.74, 6) is -1.87. The fourth-order valence-corrected chi connectivity index (χ4v) is 7.90. The van der Waals surface area contributed by atoms with Gasteiger partial charge in [-0.25, -0.2) is 19.4 Å². The molecule has 0 aliphatic carbocycles. The molecule has 302 valence electrons. The maximum atomic E-state index is 15.0. The van der Waals surface area contributed by atoms with E-state index >= 15 is 0 Å². The van der Waals surface area contributed by atoms with Gasteiger partial charge in [0.15, 0.2) is 5.69 Å². The highest BCUT2D eigenvalue weighted by atomic mass is 32.1. The van der Waals surface area contributed by atoms with E-state index in [1.165, 1.54) is 36.2 Å². The fraction of sp³-hybridized carbons (Fsp3) is 0.244. The minimum Gasteiger partial charge on any atom is -0.493 e. The van der Waals surface area contributed by atoms with Gasteiger partial charge in [-0.2, -0.15) is 0 Å². The van der Waals surface area contributed by atoms with E-state index in [0.717, 1.165) is 10.4 Å². The van der Waals surface area contributed by atoms with E-state index in [-0.39, 0.29) is 28.1 Å². The molecule has 1 aliphatic rings. The Balaban J connectivity index is 1.42. The summed E-state index contributed by atoms with van der Waals surface area (Å²) in [6, 6.07) is 20.4. The average molecular weight is 815 g/mol. The van der Waals surface area contributed by atoms with Crippen LogP contribution < -0.4 is 15.4 Å².